The minimum absolute atomic E-state index is 0.0493. The van der Waals surface area contributed by atoms with Crippen LogP contribution in [0.15, 0.2) is 18.2 Å². The molecule has 2 N–H and O–H groups in total. The van der Waals surface area contributed by atoms with E-state index in [-0.39, 0.29) is 11.6 Å². The van der Waals surface area contributed by atoms with Gasteiger partial charge in [0.05, 0.1) is 11.0 Å². The summed E-state index contributed by atoms with van der Waals surface area (Å²) in [6, 6.07) is 4.27. The number of β-amino-alcohol motifs (C(OH)–C–C–N with tert-alkyl or cyclic N) is 1. The van der Waals surface area contributed by atoms with Crippen LogP contribution in [0.5, 0.6) is 0 Å². The monoisotopic (exact) mass is 279 g/mol. The van der Waals surface area contributed by atoms with Crippen molar-refractivity contribution in [2.24, 2.45) is 0 Å². The zero-order valence-corrected chi connectivity index (χ0v) is 11.2. The van der Waals surface area contributed by atoms with Gasteiger partial charge in [-0.2, -0.15) is 0 Å². The summed E-state index contributed by atoms with van der Waals surface area (Å²) in [6.45, 7) is 0.979. The molecule has 1 aliphatic heterocycles. The summed E-state index contributed by atoms with van der Waals surface area (Å²) in [6.07, 6.45) is 0.967. The summed E-state index contributed by atoms with van der Waals surface area (Å²) in [5, 5.41) is 23.3. The van der Waals surface area contributed by atoms with Gasteiger partial charge in [-0.25, -0.2) is 0 Å². The molecule has 1 atom stereocenters. The number of hydrogen-bond acceptors (Lipinski definition) is 5. The van der Waals surface area contributed by atoms with Gasteiger partial charge in [-0.1, -0.05) is 0 Å². The van der Waals surface area contributed by atoms with Gasteiger partial charge in [0.1, 0.15) is 5.69 Å². The standard InChI is InChI=1S/C13H17N3O4/c1-14-13(18)9-4-5-11(16(19)20)12(7-9)15-6-2-3-10(17)8-15/h4-5,7,10,17H,2-3,6,8H2,1H3,(H,14,18)/t10-/m0/s1. The number of aliphatic hydroxyl groups is 1. The summed E-state index contributed by atoms with van der Waals surface area (Å²) in [5.74, 6) is -0.293. The van der Waals surface area contributed by atoms with Crippen LogP contribution in [0.2, 0.25) is 0 Å². The highest BCUT2D eigenvalue weighted by molar-refractivity contribution is 5.95. The Morgan fingerprint density at radius 1 is 1.55 bits per heavy atom. The van der Waals surface area contributed by atoms with Gasteiger partial charge in [-0.3, -0.25) is 14.9 Å². The third kappa shape index (κ3) is 2.88. The van der Waals surface area contributed by atoms with Crippen LogP contribution < -0.4 is 10.2 Å². The second kappa shape index (κ2) is 5.87. The molecule has 1 saturated heterocycles. The molecule has 1 heterocycles. The van der Waals surface area contributed by atoms with Gasteiger partial charge in [0.2, 0.25) is 0 Å². The van der Waals surface area contributed by atoms with Crippen LogP contribution in [0.1, 0.15) is 23.2 Å². The topological polar surface area (TPSA) is 95.7 Å². The lowest BCUT2D eigenvalue weighted by molar-refractivity contribution is -0.384. The molecule has 20 heavy (non-hydrogen) atoms. The lowest BCUT2D eigenvalue weighted by Crippen LogP contribution is -2.38. The highest BCUT2D eigenvalue weighted by Crippen LogP contribution is 2.31. The highest BCUT2D eigenvalue weighted by atomic mass is 16.6. The molecule has 0 radical (unpaired) electrons. The fourth-order valence-electron chi connectivity index (χ4n) is 2.39. The molecule has 2 rings (SSSR count). The minimum Gasteiger partial charge on any atom is -0.391 e. The SMILES string of the molecule is CNC(=O)c1ccc([N+](=O)[O-])c(N2CCC[C@H](O)C2)c1. The molecule has 1 aromatic carbocycles. The van der Waals surface area contributed by atoms with Crippen molar-refractivity contribution in [2.45, 2.75) is 18.9 Å². The third-order valence-corrected chi connectivity index (χ3v) is 3.40. The maximum absolute atomic E-state index is 11.6. The van der Waals surface area contributed by atoms with E-state index in [0.29, 0.717) is 30.8 Å². The van der Waals surface area contributed by atoms with Gasteiger partial charge in [0, 0.05) is 31.8 Å². The van der Waals surface area contributed by atoms with Crippen molar-refractivity contribution < 1.29 is 14.8 Å². The van der Waals surface area contributed by atoms with Gasteiger partial charge < -0.3 is 15.3 Å². The Hall–Kier alpha value is -2.15. The molecule has 0 aromatic heterocycles. The quantitative estimate of drug-likeness (QED) is 0.633. The van der Waals surface area contributed by atoms with Crippen LogP contribution in [-0.4, -0.2) is 42.2 Å². The summed E-state index contributed by atoms with van der Waals surface area (Å²) in [5.41, 5.74) is 0.703. The molecule has 0 bridgehead atoms. The zero-order chi connectivity index (χ0) is 14.7. The number of piperidine rings is 1. The van der Waals surface area contributed by atoms with E-state index in [1.54, 1.807) is 4.90 Å². The van der Waals surface area contributed by atoms with Crippen LogP contribution in [-0.2, 0) is 0 Å². The molecule has 0 saturated carbocycles. The number of nitro groups is 1. The molecule has 7 nitrogen and oxygen atoms in total. The van der Waals surface area contributed by atoms with Gasteiger partial charge >= 0.3 is 0 Å². The number of aliphatic hydroxyl groups excluding tert-OH is 1. The molecule has 1 aliphatic rings. The highest BCUT2D eigenvalue weighted by Gasteiger charge is 2.25. The lowest BCUT2D eigenvalue weighted by atomic mass is 10.1. The predicted octanol–water partition coefficient (Wildman–Crippen LogP) is 0.915. The number of anilines is 1. The van der Waals surface area contributed by atoms with Crippen molar-refractivity contribution in [3.05, 3.63) is 33.9 Å². The van der Waals surface area contributed by atoms with E-state index in [1.807, 2.05) is 0 Å². The molecule has 108 valence electrons. The third-order valence-electron chi connectivity index (χ3n) is 3.40. The first-order chi connectivity index (χ1) is 9.52. The van der Waals surface area contributed by atoms with E-state index in [4.69, 9.17) is 0 Å². The number of carbonyl (C=O) groups is 1. The van der Waals surface area contributed by atoms with Crippen LogP contribution in [0.3, 0.4) is 0 Å². The van der Waals surface area contributed by atoms with Crippen LogP contribution in [0, 0.1) is 10.1 Å². The summed E-state index contributed by atoms with van der Waals surface area (Å²) in [4.78, 5) is 24.1. The minimum atomic E-state index is -0.494. The Bertz CT molecular complexity index is 532. The Morgan fingerprint density at radius 3 is 2.90 bits per heavy atom. The van der Waals surface area contributed by atoms with E-state index in [0.717, 1.165) is 6.42 Å². The van der Waals surface area contributed by atoms with Gasteiger partial charge in [-0.15, -0.1) is 0 Å². The maximum atomic E-state index is 11.6. The second-order valence-corrected chi connectivity index (χ2v) is 4.78. The number of amides is 1. The fraction of sp³-hybridized carbons (Fsp3) is 0.462. The molecule has 1 fully saturated rings. The van der Waals surface area contributed by atoms with Crippen molar-refractivity contribution in [3.63, 3.8) is 0 Å². The average molecular weight is 279 g/mol. The van der Waals surface area contributed by atoms with E-state index in [1.165, 1.54) is 25.2 Å². The van der Waals surface area contributed by atoms with Crippen LogP contribution in [0.25, 0.3) is 0 Å². The number of benzene rings is 1. The average Bonchev–Trinajstić information content (AvgIpc) is 2.45. The zero-order valence-electron chi connectivity index (χ0n) is 11.2. The fourth-order valence-corrected chi connectivity index (χ4v) is 2.39. The first-order valence-corrected chi connectivity index (χ1v) is 6.46. The normalized spacial score (nSPS) is 18.7. The molecule has 0 spiro atoms. The Morgan fingerprint density at radius 2 is 2.30 bits per heavy atom. The number of nitrogens with one attached hydrogen (secondary N) is 1. The van der Waals surface area contributed by atoms with Gasteiger partial charge in [0.15, 0.2) is 0 Å². The summed E-state index contributed by atoms with van der Waals surface area (Å²) < 4.78 is 0. The molecule has 1 amide bonds. The summed E-state index contributed by atoms with van der Waals surface area (Å²) >= 11 is 0. The van der Waals surface area contributed by atoms with E-state index in [2.05, 4.69) is 5.32 Å². The predicted molar refractivity (Wildman–Crippen MR) is 73.9 cm³/mol. The number of nitro benzene ring substituents is 1. The maximum Gasteiger partial charge on any atom is 0.292 e. The second-order valence-electron chi connectivity index (χ2n) is 4.78. The van der Waals surface area contributed by atoms with Crippen molar-refractivity contribution in [1.82, 2.24) is 5.32 Å². The Kier molecular flexibility index (Phi) is 4.19. The van der Waals surface area contributed by atoms with E-state index < -0.39 is 11.0 Å². The summed E-state index contributed by atoms with van der Waals surface area (Å²) in [7, 11) is 1.51. The number of rotatable bonds is 3. The Labute approximate surface area is 116 Å². The lowest BCUT2D eigenvalue weighted by Gasteiger charge is -2.31. The van der Waals surface area contributed by atoms with Crippen molar-refractivity contribution >= 4 is 17.3 Å². The molecule has 0 aliphatic carbocycles. The van der Waals surface area contributed by atoms with Crippen LogP contribution >= 0.6 is 0 Å². The molecule has 1 aromatic rings. The van der Waals surface area contributed by atoms with Crippen molar-refractivity contribution in [1.29, 1.82) is 0 Å². The first-order valence-electron chi connectivity index (χ1n) is 6.46. The van der Waals surface area contributed by atoms with Crippen LogP contribution in [0.4, 0.5) is 11.4 Å². The molecule has 0 unspecified atom stereocenters. The largest absolute Gasteiger partial charge is 0.391 e. The molecule has 7 heteroatoms. The Balaban J connectivity index is 2.41. The van der Waals surface area contributed by atoms with E-state index >= 15 is 0 Å². The molecular weight excluding hydrogens is 262 g/mol. The van der Waals surface area contributed by atoms with Gasteiger partial charge in [0.25, 0.3) is 11.6 Å². The number of hydrogen-bond donors (Lipinski definition) is 2. The van der Waals surface area contributed by atoms with Crippen molar-refractivity contribution in [2.75, 3.05) is 25.0 Å². The first kappa shape index (κ1) is 14.3. The number of nitrogens with zero attached hydrogens (tertiary/aromatic N) is 2. The van der Waals surface area contributed by atoms with Gasteiger partial charge in [-0.05, 0) is 25.0 Å². The molecular formula is C13H17N3O4. The number of carbonyl (C=O) groups excluding carboxylic acids is 1. The van der Waals surface area contributed by atoms with E-state index in [9.17, 15) is 20.0 Å². The van der Waals surface area contributed by atoms with Crippen molar-refractivity contribution in [3.8, 4) is 0 Å². The smallest absolute Gasteiger partial charge is 0.292 e.